The number of rotatable bonds is 5. The van der Waals surface area contributed by atoms with Gasteiger partial charge in [-0.3, -0.25) is 9.69 Å². The summed E-state index contributed by atoms with van der Waals surface area (Å²) < 4.78 is 5.44. The number of hydrogen-bond acceptors (Lipinski definition) is 3. The number of likely N-dealkylation sites (tertiary alicyclic amines) is 1. The third kappa shape index (κ3) is 3.51. The predicted octanol–water partition coefficient (Wildman–Crippen LogP) is 2.94. The van der Waals surface area contributed by atoms with E-state index in [0.29, 0.717) is 13.2 Å². The first-order valence-electron chi connectivity index (χ1n) is 7.31. The molecule has 0 saturated carbocycles. The number of hydrogen-bond donors (Lipinski definition) is 1. The molecule has 0 aromatic heterocycles. The highest BCUT2D eigenvalue weighted by Gasteiger charge is 2.28. The van der Waals surface area contributed by atoms with Crippen molar-refractivity contribution >= 4 is 5.97 Å². The predicted molar refractivity (Wildman–Crippen MR) is 78.0 cm³/mol. The molecule has 4 heteroatoms. The molecule has 0 amide bonds. The first-order chi connectivity index (χ1) is 9.61. The minimum atomic E-state index is -0.673. The first kappa shape index (κ1) is 14.9. The van der Waals surface area contributed by atoms with Crippen LogP contribution in [0, 0.1) is 5.92 Å². The van der Waals surface area contributed by atoms with Gasteiger partial charge >= 0.3 is 5.97 Å². The Hall–Kier alpha value is -1.55. The van der Waals surface area contributed by atoms with E-state index in [9.17, 15) is 4.79 Å². The van der Waals surface area contributed by atoms with Crippen LogP contribution in [0.5, 0.6) is 5.75 Å². The topological polar surface area (TPSA) is 49.8 Å². The van der Waals surface area contributed by atoms with E-state index < -0.39 is 5.97 Å². The molecule has 1 aliphatic rings. The van der Waals surface area contributed by atoms with Crippen LogP contribution < -0.4 is 4.74 Å². The van der Waals surface area contributed by atoms with Gasteiger partial charge in [0.1, 0.15) is 5.75 Å². The summed E-state index contributed by atoms with van der Waals surface area (Å²) >= 11 is 0. The summed E-state index contributed by atoms with van der Waals surface area (Å²) in [4.78, 5) is 13.4. The lowest BCUT2D eigenvalue weighted by Crippen LogP contribution is -2.40. The van der Waals surface area contributed by atoms with Crippen molar-refractivity contribution in [2.24, 2.45) is 5.92 Å². The fourth-order valence-electron chi connectivity index (χ4n) is 2.78. The van der Waals surface area contributed by atoms with E-state index in [2.05, 4.69) is 24.0 Å². The van der Waals surface area contributed by atoms with Gasteiger partial charge in [-0.2, -0.15) is 0 Å². The Kier molecular flexibility index (Phi) is 5.01. The molecule has 1 fully saturated rings. The quantitative estimate of drug-likeness (QED) is 0.899. The van der Waals surface area contributed by atoms with Crippen LogP contribution in [0.3, 0.4) is 0 Å². The number of carboxylic acids is 1. The highest BCUT2D eigenvalue weighted by molar-refractivity contribution is 5.70. The van der Waals surface area contributed by atoms with E-state index in [-0.39, 0.29) is 12.0 Å². The second kappa shape index (κ2) is 6.75. The standard InChI is InChI=1S/C16H23NO3/c1-3-20-15-8-6-13(7-9-15)12(2)17-10-4-5-14(11-17)16(18)19/h6-9,12,14H,3-5,10-11H2,1-2H3,(H,18,19). The van der Waals surface area contributed by atoms with Crippen molar-refractivity contribution in [3.63, 3.8) is 0 Å². The normalized spacial score (nSPS) is 21.4. The highest BCUT2D eigenvalue weighted by Crippen LogP contribution is 2.27. The number of ether oxygens (including phenoxy) is 1. The zero-order chi connectivity index (χ0) is 14.5. The van der Waals surface area contributed by atoms with E-state index >= 15 is 0 Å². The van der Waals surface area contributed by atoms with Gasteiger partial charge in [0, 0.05) is 12.6 Å². The van der Waals surface area contributed by atoms with E-state index in [1.807, 2.05) is 19.1 Å². The number of piperidine rings is 1. The van der Waals surface area contributed by atoms with Gasteiger partial charge in [-0.15, -0.1) is 0 Å². The van der Waals surface area contributed by atoms with Gasteiger partial charge in [0.2, 0.25) is 0 Å². The van der Waals surface area contributed by atoms with E-state index in [0.717, 1.165) is 25.1 Å². The maximum absolute atomic E-state index is 11.1. The van der Waals surface area contributed by atoms with E-state index in [4.69, 9.17) is 9.84 Å². The van der Waals surface area contributed by atoms with Gasteiger partial charge in [0.15, 0.2) is 0 Å². The average Bonchev–Trinajstić information content (AvgIpc) is 2.48. The van der Waals surface area contributed by atoms with Crippen LogP contribution in [0.4, 0.5) is 0 Å². The van der Waals surface area contributed by atoms with Crippen LogP contribution in [0.2, 0.25) is 0 Å². The molecule has 0 radical (unpaired) electrons. The van der Waals surface area contributed by atoms with Crippen molar-refractivity contribution in [2.75, 3.05) is 19.7 Å². The van der Waals surface area contributed by atoms with Crippen LogP contribution in [-0.2, 0) is 4.79 Å². The van der Waals surface area contributed by atoms with Crippen molar-refractivity contribution in [3.8, 4) is 5.75 Å². The zero-order valence-corrected chi connectivity index (χ0v) is 12.2. The van der Waals surface area contributed by atoms with Gasteiger partial charge in [-0.25, -0.2) is 0 Å². The molecule has 1 N–H and O–H groups in total. The van der Waals surface area contributed by atoms with Crippen LogP contribution in [0.25, 0.3) is 0 Å². The number of aliphatic carboxylic acids is 1. The molecule has 1 saturated heterocycles. The van der Waals surface area contributed by atoms with Crippen molar-refractivity contribution in [1.82, 2.24) is 4.90 Å². The highest BCUT2D eigenvalue weighted by atomic mass is 16.5. The summed E-state index contributed by atoms with van der Waals surface area (Å²) in [5, 5.41) is 9.16. The monoisotopic (exact) mass is 277 g/mol. The molecule has 110 valence electrons. The van der Waals surface area contributed by atoms with Crippen LogP contribution in [0.15, 0.2) is 24.3 Å². The second-order valence-corrected chi connectivity index (χ2v) is 5.35. The lowest BCUT2D eigenvalue weighted by atomic mass is 9.95. The van der Waals surface area contributed by atoms with Gasteiger partial charge in [0.25, 0.3) is 0 Å². The lowest BCUT2D eigenvalue weighted by molar-refractivity contribution is -0.143. The maximum atomic E-state index is 11.1. The Labute approximate surface area is 120 Å². The molecular formula is C16H23NO3. The average molecular weight is 277 g/mol. The molecule has 1 aliphatic heterocycles. The summed E-state index contributed by atoms with van der Waals surface area (Å²) in [5.41, 5.74) is 1.21. The summed E-state index contributed by atoms with van der Waals surface area (Å²) in [6.45, 7) is 6.39. The van der Waals surface area contributed by atoms with E-state index in [1.54, 1.807) is 0 Å². The molecular weight excluding hydrogens is 254 g/mol. The third-order valence-corrected chi connectivity index (χ3v) is 4.02. The van der Waals surface area contributed by atoms with Gasteiger partial charge in [-0.1, -0.05) is 12.1 Å². The summed E-state index contributed by atoms with van der Waals surface area (Å²) in [5.74, 6) is -0.0204. The fourth-order valence-corrected chi connectivity index (χ4v) is 2.78. The smallest absolute Gasteiger partial charge is 0.307 e. The Morgan fingerprint density at radius 2 is 2.15 bits per heavy atom. The van der Waals surface area contributed by atoms with Gasteiger partial charge < -0.3 is 9.84 Å². The Morgan fingerprint density at radius 1 is 1.45 bits per heavy atom. The molecule has 1 aromatic rings. The largest absolute Gasteiger partial charge is 0.494 e. The number of carbonyl (C=O) groups is 1. The summed E-state index contributed by atoms with van der Waals surface area (Å²) in [7, 11) is 0. The van der Waals surface area contributed by atoms with Crippen molar-refractivity contribution in [1.29, 1.82) is 0 Å². The lowest BCUT2D eigenvalue weighted by Gasteiger charge is -2.35. The maximum Gasteiger partial charge on any atom is 0.307 e. The minimum absolute atomic E-state index is 0.228. The van der Waals surface area contributed by atoms with Crippen molar-refractivity contribution in [3.05, 3.63) is 29.8 Å². The van der Waals surface area contributed by atoms with Crippen LogP contribution in [0.1, 0.15) is 38.3 Å². The minimum Gasteiger partial charge on any atom is -0.494 e. The molecule has 0 bridgehead atoms. The van der Waals surface area contributed by atoms with Crippen LogP contribution in [-0.4, -0.2) is 35.7 Å². The van der Waals surface area contributed by atoms with E-state index in [1.165, 1.54) is 5.56 Å². The van der Waals surface area contributed by atoms with Gasteiger partial charge in [-0.05, 0) is 50.9 Å². The molecule has 1 heterocycles. The number of nitrogens with zero attached hydrogens (tertiary/aromatic N) is 1. The van der Waals surface area contributed by atoms with Crippen molar-refractivity contribution < 1.29 is 14.6 Å². The molecule has 0 aliphatic carbocycles. The van der Waals surface area contributed by atoms with Crippen molar-refractivity contribution in [2.45, 2.75) is 32.7 Å². The van der Waals surface area contributed by atoms with Crippen LogP contribution >= 0.6 is 0 Å². The molecule has 0 spiro atoms. The SMILES string of the molecule is CCOc1ccc(C(C)N2CCCC(C(=O)O)C2)cc1. The summed E-state index contributed by atoms with van der Waals surface area (Å²) in [6, 6.07) is 8.34. The summed E-state index contributed by atoms with van der Waals surface area (Å²) in [6.07, 6.45) is 1.75. The molecule has 2 rings (SSSR count). The first-order valence-corrected chi connectivity index (χ1v) is 7.31. The second-order valence-electron chi connectivity index (χ2n) is 5.35. The Morgan fingerprint density at radius 3 is 2.75 bits per heavy atom. The number of carboxylic acid groups (broad SMARTS) is 1. The van der Waals surface area contributed by atoms with Gasteiger partial charge in [0.05, 0.1) is 12.5 Å². The third-order valence-electron chi connectivity index (χ3n) is 4.02. The molecule has 2 atom stereocenters. The zero-order valence-electron chi connectivity index (χ0n) is 12.2. The fraction of sp³-hybridized carbons (Fsp3) is 0.562. The molecule has 4 nitrogen and oxygen atoms in total. The Balaban J connectivity index is 2.02. The molecule has 1 aromatic carbocycles. The molecule has 2 unspecified atom stereocenters. The molecule has 20 heavy (non-hydrogen) atoms. The Bertz CT molecular complexity index is 444. The number of benzene rings is 1.